The molecular formula is C43H35N5. The molecule has 3 atom stereocenters. The van der Waals surface area contributed by atoms with Gasteiger partial charge in [-0.05, 0) is 55.9 Å². The van der Waals surface area contributed by atoms with Gasteiger partial charge in [-0.15, -0.1) is 0 Å². The van der Waals surface area contributed by atoms with Crippen molar-refractivity contribution in [1.29, 1.82) is 0 Å². The van der Waals surface area contributed by atoms with E-state index in [4.69, 9.17) is 4.99 Å². The van der Waals surface area contributed by atoms with Crippen molar-refractivity contribution in [2.75, 3.05) is 17.3 Å². The van der Waals surface area contributed by atoms with Gasteiger partial charge in [0.15, 0.2) is 0 Å². The molecule has 0 bridgehead atoms. The van der Waals surface area contributed by atoms with Crippen LogP contribution in [-0.4, -0.2) is 12.9 Å². The van der Waals surface area contributed by atoms with Crippen LogP contribution in [0.5, 0.6) is 0 Å². The molecule has 7 aromatic carbocycles. The zero-order valence-corrected chi connectivity index (χ0v) is 26.6. The average Bonchev–Trinajstić information content (AvgIpc) is 3.51. The van der Waals surface area contributed by atoms with Gasteiger partial charge in [0.05, 0.1) is 11.4 Å². The molecule has 0 spiro atoms. The van der Waals surface area contributed by atoms with Crippen molar-refractivity contribution < 1.29 is 0 Å². The van der Waals surface area contributed by atoms with Crippen molar-refractivity contribution in [2.24, 2.45) is 4.99 Å². The minimum atomic E-state index is -0.223. The topological polar surface area (TPSA) is 51.7 Å². The molecule has 9 rings (SSSR count). The Morgan fingerprint density at radius 3 is 1.85 bits per heavy atom. The summed E-state index contributed by atoms with van der Waals surface area (Å²) in [6.07, 6.45) is -0.370. The Morgan fingerprint density at radius 1 is 0.521 bits per heavy atom. The molecule has 0 aromatic heterocycles. The fourth-order valence-electron chi connectivity index (χ4n) is 7.46. The molecule has 7 aromatic rings. The third-order valence-corrected chi connectivity index (χ3v) is 9.77. The summed E-state index contributed by atoms with van der Waals surface area (Å²) in [5, 5.41) is 16.4. The number of anilines is 2. The van der Waals surface area contributed by atoms with E-state index in [2.05, 4.69) is 180 Å². The number of rotatable bonds is 5. The smallest absolute Gasteiger partial charge is 0.131 e. The van der Waals surface area contributed by atoms with Gasteiger partial charge in [-0.25, -0.2) is 4.99 Å². The highest BCUT2D eigenvalue weighted by molar-refractivity contribution is 6.16. The highest BCUT2D eigenvalue weighted by Gasteiger charge is 2.31. The lowest BCUT2D eigenvalue weighted by Gasteiger charge is -2.34. The average molecular weight is 622 g/mol. The molecule has 0 fully saturated rings. The lowest BCUT2D eigenvalue weighted by Crippen LogP contribution is -2.45. The summed E-state index contributed by atoms with van der Waals surface area (Å²) in [5.74, 6) is 0.877. The van der Waals surface area contributed by atoms with Crippen molar-refractivity contribution in [3.05, 3.63) is 180 Å². The number of hydrogen-bond donors (Lipinski definition) is 3. The van der Waals surface area contributed by atoms with Crippen LogP contribution in [0.3, 0.4) is 0 Å². The third kappa shape index (κ3) is 4.79. The van der Waals surface area contributed by atoms with Gasteiger partial charge in [0.25, 0.3) is 0 Å². The monoisotopic (exact) mass is 621 g/mol. The molecule has 0 aliphatic carbocycles. The first-order chi connectivity index (χ1) is 23.7. The van der Waals surface area contributed by atoms with E-state index in [1.807, 2.05) is 6.07 Å². The van der Waals surface area contributed by atoms with Crippen molar-refractivity contribution in [3.8, 4) is 11.1 Å². The maximum atomic E-state index is 5.21. The molecule has 3 N–H and O–H groups in total. The number of nitrogens with one attached hydrogen (secondary N) is 3. The van der Waals surface area contributed by atoms with Crippen molar-refractivity contribution in [1.82, 2.24) is 10.6 Å². The predicted molar refractivity (Wildman–Crippen MR) is 199 cm³/mol. The fraction of sp³-hybridized carbons (Fsp3) is 0.0930. The molecule has 232 valence electrons. The zero-order valence-electron chi connectivity index (χ0n) is 26.6. The zero-order chi connectivity index (χ0) is 32.0. The van der Waals surface area contributed by atoms with Crippen LogP contribution in [0.4, 0.5) is 11.4 Å². The standard InChI is InChI=1S/C43H35N5/c1-48-37-23-13-12-22-36(37)44-43(48)31-26-24-28(25-27-31)38-34-20-10-8-18-32(34)33-19-9-11-21-35(33)39(38)42-46-40(29-14-4-2-5-15-29)45-41(47-42)30-16-6-3-7-17-30/h2-27,40,42-44,46H,1H3,(H,45,47). The Hall–Kier alpha value is -5.91. The van der Waals surface area contributed by atoms with Gasteiger partial charge in [0.1, 0.15) is 24.3 Å². The van der Waals surface area contributed by atoms with Crippen LogP contribution in [0.25, 0.3) is 32.7 Å². The van der Waals surface area contributed by atoms with E-state index in [-0.39, 0.29) is 18.5 Å². The predicted octanol–water partition coefficient (Wildman–Crippen LogP) is 9.56. The van der Waals surface area contributed by atoms with Gasteiger partial charge in [-0.3, -0.25) is 5.32 Å². The highest BCUT2D eigenvalue weighted by atomic mass is 15.3. The van der Waals surface area contributed by atoms with Gasteiger partial charge in [0, 0.05) is 18.2 Å². The van der Waals surface area contributed by atoms with Crippen molar-refractivity contribution in [2.45, 2.75) is 18.5 Å². The molecule has 5 heteroatoms. The van der Waals surface area contributed by atoms with Crippen LogP contribution >= 0.6 is 0 Å². The van der Waals surface area contributed by atoms with Gasteiger partial charge in [-0.1, -0.05) is 146 Å². The van der Waals surface area contributed by atoms with Crippen LogP contribution in [0.2, 0.25) is 0 Å². The Kier molecular flexibility index (Phi) is 6.91. The molecule has 2 aliphatic heterocycles. The number of para-hydroxylation sites is 2. The van der Waals surface area contributed by atoms with E-state index in [0.717, 1.165) is 22.6 Å². The molecule has 0 amide bonds. The fourth-order valence-corrected chi connectivity index (χ4v) is 7.46. The number of benzene rings is 7. The summed E-state index contributed by atoms with van der Waals surface area (Å²) in [4.78, 5) is 7.52. The maximum Gasteiger partial charge on any atom is 0.131 e. The summed E-state index contributed by atoms with van der Waals surface area (Å²) in [6.45, 7) is 0. The molecule has 3 unspecified atom stereocenters. The van der Waals surface area contributed by atoms with E-state index in [9.17, 15) is 0 Å². The second kappa shape index (κ2) is 11.7. The molecule has 48 heavy (non-hydrogen) atoms. The Labute approximate surface area is 280 Å². The minimum absolute atomic E-state index is 0.0715. The van der Waals surface area contributed by atoms with Gasteiger partial charge in [-0.2, -0.15) is 0 Å². The van der Waals surface area contributed by atoms with Crippen molar-refractivity contribution >= 4 is 38.8 Å². The molecule has 0 radical (unpaired) electrons. The van der Waals surface area contributed by atoms with Gasteiger partial charge >= 0.3 is 0 Å². The summed E-state index contributed by atoms with van der Waals surface area (Å²) in [6, 6.07) is 56.2. The van der Waals surface area contributed by atoms with Crippen molar-refractivity contribution in [3.63, 3.8) is 0 Å². The summed E-state index contributed by atoms with van der Waals surface area (Å²) in [5.41, 5.74) is 9.40. The molecule has 2 heterocycles. The first-order valence-corrected chi connectivity index (χ1v) is 16.6. The van der Waals surface area contributed by atoms with E-state index in [1.54, 1.807) is 0 Å². The van der Waals surface area contributed by atoms with Crippen LogP contribution in [0.15, 0.2) is 163 Å². The second-order valence-electron chi connectivity index (χ2n) is 12.6. The Bertz CT molecular complexity index is 2300. The molecule has 0 saturated carbocycles. The van der Waals surface area contributed by atoms with Crippen LogP contribution < -0.4 is 20.9 Å². The summed E-state index contributed by atoms with van der Waals surface area (Å²) in [7, 11) is 2.15. The van der Waals surface area contributed by atoms with E-state index in [1.165, 1.54) is 49.5 Å². The lowest BCUT2D eigenvalue weighted by atomic mass is 9.86. The van der Waals surface area contributed by atoms with Gasteiger partial charge < -0.3 is 15.5 Å². The highest BCUT2D eigenvalue weighted by Crippen LogP contribution is 2.44. The van der Waals surface area contributed by atoms with Gasteiger partial charge in [0.2, 0.25) is 0 Å². The second-order valence-corrected chi connectivity index (χ2v) is 12.6. The minimum Gasteiger partial charge on any atom is -0.360 e. The number of aliphatic imine (C=N–C) groups is 1. The molecule has 2 aliphatic rings. The molecular weight excluding hydrogens is 587 g/mol. The summed E-state index contributed by atoms with van der Waals surface area (Å²) >= 11 is 0. The van der Waals surface area contributed by atoms with E-state index < -0.39 is 0 Å². The first kappa shape index (κ1) is 28.3. The molecule has 0 saturated heterocycles. The Morgan fingerprint density at radius 2 is 1.12 bits per heavy atom. The number of nitrogens with zero attached hydrogens (tertiary/aromatic N) is 2. The van der Waals surface area contributed by atoms with E-state index >= 15 is 0 Å². The largest absolute Gasteiger partial charge is 0.360 e. The Balaban J connectivity index is 1.22. The first-order valence-electron chi connectivity index (χ1n) is 16.6. The van der Waals surface area contributed by atoms with Crippen LogP contribution in [0, 0.1) is 0 Å². The maximum absolute atomic E-state index is 5.21. The van der Waals surface area contributed by atoms with E-state index in [0.29, 0.717) is 0 Å². The SMILES string of the molecule is CN1c2ccccc2NC1c1ccc(-c2c(C3NC(c4ccccc4)=NC(c4ccccc4)N3)c3ccccc3c3ccccc23)cc1. The number of amidine groups is 1. The van der Waals surface area contributed by atoms with Crippen LogP contribution in [-0.2, 0) is 0 Å². The molecule has 5 nitrogen and oxygen atoms in total. The normalized spacial score (nSPS) is 18.6. The third-order valence-electron chi connectivity index (χ3n) is 9.77. The quantitative estimate of drug-likeness (QED) is 0.168. The van der Waals surface area contributed by atoms with Crippen LogP contribution in [0.1, 0.15) is 40.8 Å². The number of fused-ring (bicyclic) bond motifs is 4. The lowest BCUT2D eigenvalue weighted by molar-refractivity contribution is 0.412. The summed E-state index contributed by atoms with van der Waals surface area (Å²) < 4.78 is 0. The number of hydrogen-bond acceptors (Lipinski definition) is 5.